The summed E-state index contributed by atoms with van der Waals surface area (Å²) in [5, 5.41) is 4.81. The number of rotatable bonds is 5. The van der Waals surface area contributed by atoms with Crippen molar-refractivity contribution in [1.29, 1.82) is 0 Å². The zero-order valence-corrected chi connectivity index (χ0v) is 15.2. The van der Waals surface area contributed by atoms with Crippen LogP contribution in [0.3, 0.4) is 0 Å². The van der Waals surface area contributed by atoms with E-state index < -0.39 is 0 Å². The van der Waals surface area contributed by atoms with Gasteiger partial charge in [0.25, 0.3) is 0 Å². The van der Waals surface area contributed by atoms with Crippen LogP contribution >= 0.6 is 23.1 Å². The van der Waals surface area contributed by atoms with Gasteiger partial charge in [0.1, 0.15) is 0 Å². The first-order valence-electron chi connectivity index (χ1n) is 7.97. The second kappa shape index (κ2) is 7.85. The van der Waals surface area contributed by atoms with E-state index in [0.717, 1.165) is 30.0 Å². The Labute approximate surface area is 150 Å². The number of hydrogen-bond donors (Lipinski definition) is 1. The molecule has 24 heavy (non-hydrogen) atoms. The van der Waals surface area contributed by atoms with Crippen molar-refractivity contribution in [3.63, 3.8) is 0 Å². The molecule has 1 aliphatic heterocycles. The predicted molar refractivity (Wildman–Crippen MR) is 99.5 cm³/mol. The number of likely N-dealkylation sites (tertiary alicyclic amines) is 1. The summed E-state index contributed by atoms with van der Waals surface area (Å²) < 4.78 is 0. The number of anilines is 1. The van der Waals surface area contributed by atoms with Crippen molar-refractivity contribution in [3.05, 3.63) is 46.7 Å². The van der Waals surface area contributed by atoms with Crippen LogP contribution in [0.4, 0.5) is 5.69 Å². The molecule has 0 radical (unpaired) electrons. The molecule has 2 amide bonds. The van der Waals surface area contributed by atoms with Crippen molar-refractivity contribution in [2.45, 2.75) is 30.7 Å². The van der Waals surface area contributed by atoms with E-state index in [0.29, 0.717) is 5.75 Å². The minimum Gasteiger partial charge on any atom is -0.334 e. The number of thioether (sulfide) groups is 1. The number of carbonyl (C=O) groups excluding carboxylic acids is 2. The third-order valence-electron chi connectivity index (χ3n) is 3.98. The van der Waals surface area contributed by atoms with Gasteiger partial charge in [-0.25, -0.2) is 0 Å². The topological polar surface area (TPSA) is 49.4 Å². The highest BCUT2D eigenvalue weighted by molar-refractivity contribution is 8.00. The van der Waals surface area contributed by atoms with E-state index in [4.69, 9.17) is 0 Å². The Morgan fingerprint density at radius 2 is 2.08 bits per heavy atom. The monoisotopic (exact) mass is 360 g/mol. The molecule has 1 aliphatic rings. The van der Waals surface area contributed by atoms with E-state index in [2.05, 4.69) is 16.8 Å². The lowest BCUT2D eigenvalue weighted by molar-refractivity contribution is -0.129. The third-order valence-corrected chi connectivity index (χ3v) is 5.95. The minimum atomic E-state index is -0.0840. The van der Waals surface area contributed by atoms with Crippen LogP contribution in [-0.2, 0) is 9.59 Å². The Hall–Kier alpha value is -1.79. The zero-order chi connectivity index (χ0) is 16.9. The van der Waals surface area contributed by atoms with Crippen molar-refractivity contribution in [3.8, 4) is 0 Å². The summed E-state index contributed by atoms with van der Waals surface area (Å²) in [6.07, 6.45) is 2.13. The molecule has 1 aromatic carbocycles. The molecule has 1 atom stereocenters. The molecule has 2 heterocycles. The van der Waals surface area contributed by atoms with Crippen molar-refractivity contribution in [2.75, 3.05) is 17.6 Å². The van der Waals surface area contributed by atoms with Crippen LogP contribution < -0.4 is 5.32 Å². The van der Waals surface area contributed by atoms with Gasteiger partial charge in [-0.05, 0) is 48.6 Å². The molecule has 0 aliphatic carbocycles. The van der Waals surface area contributed by atoms with Gasteiger partial charge < -0.3 is 10.2 Å². The zero-order valence-electron chi connectivity index (χ0n) is 13.5. The number of amides is 2. The van der Waals surface area contributed by atoms with E-state index >= 15 is 0 Å². The third kappa shape index (κ3) is 4.19. The van der Waals surface area contributed by atoms with Crippen LogP contribution in [0.15, 0.2) is 46.7 Å². The van der Waals surface area contributed by atoms with E-state index in [1.54, 1.807) is 23.1 Å². The fourth-order valence-corrected chi connectivity index (χ4v) is 4.57. The molecular weight excluding hydrogens is 340 g/mol. The molecular formula is C18H20N2O2S2. The highest BCUT2D eigenvalue weighted by Gasteiger charge is 2.30. The summed E-state index contributed by atoms with van der Waals surface area (Å²) in [5.41, 5.74) is 0.774. The van der Waals surface area contributed by atoms with E-state index in [1.165, 1.54) is 11.8 Å². The number of carbonyl (C=O) groups is 2. The van der Waals surface area contributed by atoms with Crippen LogP contribution in [0.5, 0.6) is 0 Å². The number of nitrogens with zero attached hydrogens (tertiary/aromatic N) is 1. The van der Waals surface area contributed by atoms with Crippen molar-refractivity contribution in [2.24, 2.45) is 0 Å². The first-order valence-corrected chi connectivity index (χ1v) is 9.83. The molecule has 1 N–H and O–H groups in total. The first kappa shape index (κ1) is 17.0. The van der Waals surface area contributed by atoms with Gasteiger partial charge >= 0.3 is 0 Å². The summed E-state index contributed by atoms with van der Waals surface area (Å²) in [4.78, 5) is 27.9. The SMILES string of the molecule is CC(=O)Nc1ccc(SCC(=O)N2CCC[C@H]2c2cccs2)cc1. The Balaban J connectivity index is 1.56. The predicted octanol–water partition coefficient (Wildman–Crippen LogP) is 4.16. The fraction of sp³-hybridized carbons (Fsp3) is 0.333. The molecule has 126 valence electrons. The lowest BCUT2D eigenvalue weighted by atomic mass is 10.2. The smallest absolute Gasteiger partial charge is 0.233 e. The maximum Gasteiger partial charge on any atom is 0.233 e. The first-order chi connectivity index (χ1) is 11.6. The molecule has 0 bridgehead atoms. The summed E-state index contributed by atoms with van der Waals surface area (Å²) in [6, 6.07) is 12.0. The highest BCUT2D eigenvalue weighted by Crippen LogP contribution is 2.35. The van der Waals surface area contributed by atoms with Gasteiger partial charge in [0, 0.05) is 28.9 Å². The van der Waals surface area contributed by atoms with Gasteiger partial charge in [-0.1, -0.05) is 6.07 Å². The Morgan fingerprint density at radius 3 is 2.75 bits per heavy atom. The molecule has 0 saturated carbocycles. The Morgan fingerprint density at radius 1 is 1.29 bits per heavy atom. The molecule has 1 fully saturated rings. The summed E-state index contributed by atoms with van der Waals surface area (Å²) in [5.74, 6) is 0.558. The molecule has 0 spiro atoms. The number of nitrogens with one attached hydrogen (secondary N) is 1. The second-order valence-electron chi connectivity index (χ2n) is 5.75. The standard InChI is InChI=1S/C18H20N2O2S2/c1-13(21)19-14-6-8-15(9-7-14)24-12-18(22)20-10-2-4-16(20)17-5-3-11-23-17/h3,5-9,11,16H,2,4,10,12H2,1H3,(H,19,21)/t16-/m0/s1. The average Bonchev–Trinajstić information content (AvgIpc) is 3.24. The van der Waals surface area contributed by atoms with E-state index in [1.807, 2.05) is 35.2 Å². The van der Waals surface area contributed by atoms with Crippen LogP contribution in [0.25, 0.3) is 0 Å². The number of thiophene rings is 1. The van der Waals surface area contributed by atoms with E-state index in [9.17, 15) is 9.59 Å². The number of benzene rings is 1. The summed E-state index contributed by atoms with van der Waals surface area (Å²) >= 11 is 3.27. The maximum atomic E-state index is 12.6. The molecule has 6 heteroatoms. The van der Waals surface area contributed by atoms with Crippen molar-refractivity contribution < 1.29 is 9.59 Å². The summed E-state index contributed by atoms with van der Waals surface area (Å²) in [6.45, 7) is 2.34. The van der Waals surface area contributed by atoms with Crippen LogP contribution in [0.1, 0.15) is 30.7 Å². The Bertz CT molecular complexity index is 698. The minimum absolute atomic E-state index is 0.0840. The maximum absolute atomic E-state index is 12.6. The largest absolute Gasteiger partial charge is 0.334 e. The van der Waals surface area contributed by atoms with Gasteiger partial charge in [0.05, 0.1) is 11.8 Å². The molecule has 3 rings (SSSR count). The molecule has 1 aromatic heterocycles. The van der Waals surface area contributed by atoms with Gasteiger partial charge in [0.15, 0.2) is 0 Å². The van der Waals surface area contributed by atoms with Crippen LogP contribution in [0.2, 0.25) is 0 Å². The van der Waals surface area contributed by atoms with E-state index in [-0.39, 0.29) is 17.9 Å². The second-order valence-corrected chi connectivity index (χ2v) is 7.78. The highest BCUT2D eigenvalue weighted by atomic mass is 32.2. The molecule has 2 aromatic rings. The normalized spacial score (nSPS) is 17.0. The van der Waals surface area contributed by atoms with Gasteiger partial charge in [0.2, 0.25) is 11.8 Å². The fourth-order valence-electron chi connectivity index (χ4n) is 2.91. The molecule has 4 nitrogen and oxygen atoms in total. The number of hydrogen-bond acceptors (Lipinski definition) is 4. The average molecular weight is 361 g/mol. The van der Waals surface area contributed by atoms with Gasteiger partial charge in [-0.2, -0.15) is 0 Å². The van der Waals surface area contributed by atoms with Crippen LogP contribution in [-0.4, -0.2) is 29.0 Å². The van der Waals surface area contributed by atoms with Gasteiger partial charge in [-0.3, -0.25) is 9.59 Å². The summed E-state index contributed by atoms with van der Waals surface area (Å²) in [7, 11) is 0. The van der Waals surface area contributed by atoms with Crippen molar-refractivity contribution in [1.82, 2.24) is 4.90 Å². The lowest BCUT2D eigenvalue weighted by Crippen LogP contribution is -2.31. The quantitative estimate of drug-likeness (QED) is 0.815. The molecule has 0 unspecified atom stereocenters. The Kier molecular flexibility index (Phi) is 5.58. The van der Waals surface area contributed by atoms with Crippen LogP contribution in [0, 0.1) is 0 Å². The van der Waals surface area contributed by atoms with Crippen molar-refractivity contribution >= 4 is 40.6 Å². The molecule has 1 saturated heterocycles. The van der Waals surface area contributed by atoms with Gasteiger partial charge in [-0.15, -0.1) is 23.1 Å². The lowest BCUT2D eigenvalue weighted by Gasteiger charge is -2.23.